The molecule has 0 bridgehead atoms. The molecular weight excluding hydrogens is 396 g/mol. The first-order valence-corrected chi connectivity index (χ1v) is 13.7. The van der Waals surface area contributed by atoms with Crippen LogP contribution in [0.5, 0.6) is 0 Å². The number of fused-ring (bicyclic) bond motifs is 3. The fraction of sp³-hybridized carbons (Fsp3) is 0.931. The molecule has 0 aromatic carbocycles. The molecule has 0 aromatic rings. The van der Waals surface area contributed by atoms with Gasteiger partial charge in [0.2, 0.25) is 0 Å². The van der Waals surface area contributed by atoms with Gasteiger partial charge < -0.3 is 15.3 Å². The molecule has 0 heterocycles. The average molecular weight is 449 g/mol. The Labute approximate surface area is 198 Å². The van der Waals surface area contributed by atoms with Crippen molar-refractivity contribution in [3.05, 3.63) is 11.6 Å². The van der Waals surface area contributed by atoms with Crippen LogP contribution >= 0.6 is 0 Å². The van der Waals surface area contributed by atoms with Gasteiger partial charge in [0.25, 0.3) is 0 Å². The van der Waals surface area contributed by atoms with Crippen LogP contribution in [0.3, 0.4) is 0 Å². The summed E-state index contributed by atoms with van der Waals surface area (Å²) in [6, 6.07) is 0. The molecule has 0 saturated heterocycles. The number of aliphatic hydroxyl groups is 3. The number of hydrogen-bond donors (Lipinski definition) is 3. The first-order chi connectivity index (χ1) is 15.0. The molecule has 8 atom stereocenters. The highest BCUT2D eigenvalue weighted by Crippen LogP contribution is 2.63. The van der Waals surface area contributed by atoms with Crippen LogP contribution < -0.4 is 0 Å². The van der Waals surface area contributed by atoms with E-state index in [1.54, 1.807) is 0 Å². The van der Waals surface area contributed by atoms with Crippen molar-refractivity contribution in [3.8, 4) is 0 Å². The van der Waals surface area contributed by atoms with E-state index in [-0.39, 0.29) is 6.61 Å². The van der Waals surface area contributed by atoms with Crippen molar-refractivity contribution in [1.82, 2.24) is 0 Å². The molecule has 3 N–H and O–H groups in total. The molecule has 0 aromatic heterocycles. The zero-order valence-electron chi connectivity index (χ0n) is 21.7. The molecule has 3 aliphatic carbocycles. The molecule has 2 fully saturated rings. The minimum absolute atomic E-state index is 0.0667. The second-order valence-corrected chi connectivity index (χ2v) is 12.8. The fourth-order valence-electron chi connectivity index (χ4n) is 8.06. The van der Waals surface area contributed by atoms with Crippen molar-refractivity contribution in [2.24, 2.45) is 35.0 Å². The van der Waals surface area contributed by atoms with Gasteiger partial charge in [-0.05, 0) is 119 Å². The van der Waals surface area contributed by atoms with Crippen molar-refractivity contribution in [1.29, 1.82) is 0 Å². The molecule has 0 amide bonds. The maximum absolute atomic E-state index is 10.8. The van der Waals surface area contributed by atoms with Gasteiger partial charge in [-0.2, -0.15) is 0 Å². The van der Waals surface area contributed by atoms with Crippen molar-refractivity contribution in [3.63, 3.8) is 0 Å². The SMILES string of the molecule is CCCCC(C)(O)CC1=CCC2C(CCC3(C)C(C(C)CCC(C)(O)CCO)CCC23)C1. The number of hydrogen-bond acceptors (Lipinski definition) is 3. The standard InChI is InChI=1S/C29H52O3/c1-6-7-14-28(4,32)20-22-8-9-24-23(19-22)13-16-29(5)25(10-11-26(24)29)21(2)12-15-27(3,31)17-18-30/h8,21,23-26,30-32H,6-7,9-20H2,1-5H3. The van der Waals surface area contributed by atoms with Gasteiger partial charge in [-0.15, -0.1) is 0 Å². The Balaban J connectivity index is 1.61. The Morgan fingerprint density at radius 2 is 1.84 bits per heavy atom. The Hall–Kier alpha value is -0.380. The molecule has 0 radical (unpaired) electrons. The highest BCUT2D eigenvalue weighted by atomic mass is 16.3. The highest BCUT2D eigenvalue weighted by Gasteiger charge is 2.55. The van der Waals surface area contributed by atoms with E-state index in [2.05, 4.69) is 26.8 Å². The summed E-state index contributed by atoms with van der Waals surface area (Å²) in [4.78, 5) is 0. The van der Waals surface area contributed by atoms with Gasteiger partial charge in [-0.1, -0.05) is 45.3 Å². The van der Waals surface area contributed by atoms with Crippen LogP contribution in [0.15, 0.2) is 11.6 Å². The maximum Gasteiger partial charge on any atom is 0.0656 e. The Kier molecular flexibility index (Phi) is 8.59. The van der Waals surface area contributed by atoms with E-state index in [1.807, 2.05) is 13.8 Å². The van der Waals surface area contributed by atoms with E-state index in [1.165, 1.54) is 44.1 Å². The lowest BCUT2D eigenvalue weighted by atomic mass is 9.54. The predicted octanol–water partition coefficient (Wildman–Crippen LogP) is 6.65. The molecule has 2 saturated carbocycles. The molecule has 3 rings (SSSR count). The molecule has 8 unspecified atom stereocenters. The zero-order chi connectivity index (χ0) is 23.6. The lowest BCUT2D eigenvalue weighted by Gasteiger charge is -2.51. The fourth-order valence-corrected chi connectivity index (χ4v) is 8.06. The predicted molar refractivity (Wildman–Crippen MR) is 133 cm³/mol. The van der Waals surface area contributed by atoms with Crippen LogP contribution in [0.2, 0.25) is 0 Å². The van der Waals surface area contributed by atoms with Crippen LogP contribution in [-0.2, 0) is 0 Å². The van der Waals surface area contributed by atoms with E-state index in [9.17, 15) is 15.3 Å². The Bertz CT molecular complexity index is 636. The molecule has 0 aliphatic heterocycles. The summed E-state index contributed by atoms with van der Waals surface area (Å²) in [7, 11) is 0. The average Bonchev–Trinajstić information content (AvgIpc) is 3.08. The molecule has 3 nitrogen and oxygen atoms in total. The second kappa shape index (κ2) is 10.5. The number of aliphatic hydroxyl groups excluding tert-OH is 1. The summed E-state index contributed by atoms with van der Waals surface area (Å²) in [6.45, 7) is 11.2. The summed E-state index contributed by atoms with van der Waals surface area (Å²) in [5.74, 6) is 3.88. The smallest absolute Gasteiger partial charge is 0.0656 e. The largest absolute Gasteiger partial charge is 0.396 e. The second-order valence-electron chi connectivity index (χ2n) is 12.8. The lowest BCUT2D eigenvalue weighted by molar-refractivity contribution is -0.0173. The third kappa shape index (κ3) is 5.99. The number of allylic oxidation sites excluding steroid dienone is 1. The van der Waals surface area contributed by atoms with Crippen LogP contribution in [0.1, 0.15) is 118 Å². The molecule has 0 spiro atoms. The van der Waals surface area contributed by atoms with Gasteiger partial charge in [0, 0.05) is 6.61 Å². The molecule has 3 aliphatic rings. The van der Waals surface area contributed by atoms with Gasteiger partial charge in [-0.3, -0.25) is 0 Å². The van der Waals surface area contributed by atoms with Crippen molar-refractivity contribution < 1.29 is 15.3 Å². The van der Waals surface area contributed by atoms with Gasteiger partial charge in [0.05, 0.1) is 11.2 Å². The molecule has 3 heteroatoms. The van der Waals surface area contributed by atoms with Crippen LogP contribution in [0.25, 0.3) is 0 Å². The lowest BCUT2D eigenvalue weighted by Crippen LogP contribution is -2.44. The topological polar surface area (TPSA) is 60.7 Å². The van der Waals surface area contributed by atoms with Crippen molar-refractivity contribution >= 4 is 0 Å². The van der Waals surface area contributed by atoms with Gasteiger partial charge in [0.1, 0.15) is 0 Å². The summed E-state index contributed by atoms with van der Waals surface area (Å²) in [6.07, 6.45) is 16.7. The summed E-state index contributed by atoms with van der Waals surface area (Å²) in [5.41, 5.74) is 0.692. The van der Waals surface area contributed by atoms with E-state index in [4.69, 9.17) is 0 Å². The molecule has 32 heavy (non-hydrogen) atoms. The van der Waals surface area contributed by atoms with Crippen LogP contribution in [0.4, 0.5) is 0 Å². The number of unbranched alkanes of at least 4 members (excludes halogenated alkanes) is 1. The summed E-state index contributed by atoms with van der Waals surface area (Å²) in [5, 5.41) is 30.6. The van der Waals surface area contributed by atoms with Gasteiger partial charge >= 0.3 is 0 Å². The Morgan fingerprint density at radius 3 is 2.53 bits per heavy atom. The first kappa shape index (κ1) is 26.2. The van der Waals surface area contributed by atoms with E-state index in [0.29, 0.717) is 17.8 Å². The highest BCUT2D eigenvalue weighted by molar-refractivity contribution is 5.16. The maximum atomic E-state index is 10.8. The normalized spacial score (nSPS) is 37.1. The molecule has 186 valence electrons. The van der Waals surface area contributed by atoms with Crippen molar-refractivity contribution in [2.45, 2.75) is 129 Å². The van der Waals surface area contributed by atoms with Crippen LogP contribution in [-0.4, -0.2) is 33.1 Å². The summed E-state index contributed by atoms with van der Waals surface area (Å²) < 4.78 is 0. The monoisotopic (exact) mass is 448 g/mol. The number of rotatable bonds is 11. The zero-order valence-corrected chi connectivity index (χ0v) is 21.7. The molecular formula is C29H52O3. The Morgan fingerprint density at radius 1 is 1.09 bits per heavy atom. The first-order valence-electron chi connectivity index (χ1n) is 13.7. The minimum atomic E-state index is -0.734. The van der Waals surface area contributed by atoms with Gasteiger partial charge in [-0.25, -0.2) is 0 Å². The van der Waals surface area contributed by atoms with E-state index < -0.39 is 11.2 Å². The van der Waals surface area contributed by atoms with E-state index >= 15 is 0 Å². The van der Waals surface area contributed by atoms with Crippen LogP contribution in [0, 0.1) is 35.0 Å². The third-order valence-electron chi connectivity index (χ3n) is 10.0. The van der Waals surface area contributed by atoms with Crippen molar-refractivity contribution in [2.75, 3.05) is 6.61 Å². The van der Waals surface area contributed by atoms with E-state index in [0.717, 1.165) is 62.2 Å². The third-order valence-corrected chi connectivity index (χ3v) is 10.0. The van der Waals surface area contributed by atoms with Gasteiger partial charge in [0.15, 0.2) is 0 Å². The summed E-state index contributed by atoms with van der Waals surface area (Å²) >= 11 is 0. The minimum Gasteiger partial charge on any atom is -0.396 e. The quantitative estimate of drug-likeness (QED) is 0.310.